The Kier molecular flexibility index (Phi) is 2.11. The second-order valence-corrected chi connectivity index (χ2v) is 5.84. The van der Waals surface area contributed by atoms with Gasteiger partial charge in [0.1, 0.15) is 5.65 Å². The highest BCUT2D eigenvalue weighted by molar-refractivity contribution is 9.10. The molecular weight excluding hydrogens is 268 g/mol. The van der Waals surface area contributed by atoms with E-state index >= 15 is 0 Å². The van der Waals surface area contributed by atoms with Crippen LogP contribution < -0.4 is 0 Å². The molecular formula is C8H7BrN2O2S. The van der Waals surface area contributed by atoms with Gasteiger partial charge in [-0.05, 0) is 28.1 Å². The summed E-state index contributed by atoms with van der Waals surface area (Å²) in [6.45, 7) is 0. The predicted molar refractivity (Wildman–Crippen MR) is 56.0 cm³/mol. The first-order valence-corrected chi connectivity index (χ1v) is 6.49. The van der Waals surface area contributed by atoms with Gasteiger partial charge in [-0.2, -0.15) is 0 Å². The topological polar surface area (TPSA) is 51.4 Å². The monoisotopic (exact) mass is 274 g/mol. The highest BCUT2D eigenvalue weighted by Gasteiger charge is 2.11. The van der Waals surface area contributed by atoms with Gasteiger partial charge < -0.3 is 4.40 Å². The number of pyridine rings is 1. The largest absolute Gasteiger partial charge is 0.305 e. The first-order chi connectivity index (χ1) is 6.47. The Balaban J connectivity index is 2.75. The maximum atomic E-state index is 11.2. The zero-order valence-electron chi connectivity index (χ0n) is 7.31. The summed E-state index contributed by atoms with van der Waals surface area (Å²) in [5.41, 5.74) is 0.619. The first-order valence-electron chi connectivity index (χ1n) is 3.81. The molecule has 0 aliphatic rings. The molecule has 0 aliphatic heterocycles. The fourth-order valence-electron chi connectivity index (χ4n) is 1.12. The molecule has 0 N–H and O–H groups in total. The van der Waals surface area contributed by atoms with E-state index in [4.69, 9.17) is 0 Å². The van der Waals surface area contributed by atoms with Crippen molar-refractivity contribution in [2.75, 3.05) is 6.26 Å². The molecule has 0 saturated heterocycles. The summed E-state index contributed by atoms with van der Waals surface area (Å²) >= 11 is 3.29. The van der Waals surface area contributed by atoms with E-state index in [2.05, 4.69) is 20.9 Å². The van der Waals surface area contributed by atoms with Crippen LogP contribution in [-0.4, -0.2) is 24.1 Å². The lowest BCUT2D eigenvalue weighted by Gasteiger charge is -1.91. The number of halogens is 1. The van der Waals surface area contributed by atoms with Crippen LogP contribution in [0.3, 0.4) is 0 Å². The second kappa shape index (κ2) is 3.06. The maximum absolute atomic E-state index is 11.2. The lowest BCUT2D eigenvalue weighted by molar-refractivity contribution is 0.599. The van der Waals surface area contributed by atoms with Gasteiger partial charge >= 0.3 is 0 Å². The molecule has 2 aromatic heterocycles. The third-order valence-electron chi connectivity index (χ3n) is 1.77. The fraction of sp³-hybridized carbons (Fsp3) is 0.125. The molecule has 0 radical (unpaired) electrons. The van der Waals surface area contributed by atoms with Crippen LogP contribution in [0.5, 0.6) is 0 Å². The molecule has 0 amide bonds. The Morgan fingerprint density at radius 1 is 1.36 bits per heavy atom. The van der Waals surface area contributed by atoms with Gasteiger partial charge in [-0.3, -0.25) is 0 Å². The summed E-state index contributed by atoms with van der Waals surface area (Å²) in [4.78, 5) is 3.98. The molecule has 2 aromatic rings. The van der Waals surface area contributed by atoms with E-state index in [-0.39, 0.29) is 5.03 Å². The Morgan fingerprint density at radius 2 is 2.07 bits per heavy atom. The Bertz CT molecular complexity index is 588. The molecule has 0 atom stereocenters. The molecule has 2 heterocycles. The number of aromatic nitrogens is 2. The zero-order valence-corrected chi connectivity index (χ0v) is 9.71. The molecule has 0 spiro atoms. The van der Waals surface area contributed by atoms with Crippen molar-refractivity contribution in [3.05, 3.63) is 29.0 Å². The van der Waals surface area contributed by atoms with E-state index in [0.29, 0.717) is 5.65 Å². The van der Waals surface area contributed by atoms with Gasteiger partial charge in [0.25, 0.3) is 0 Å². The Labute approximate surface area is 89.6 Å². The molecule has 0 unspecified atom stereocenters. The van der Waals surface area contributed by atoms with Gasteiger partial charge in [0, 0.05) is 23.1 Å². The molecule has 6 heteroatoms. The first kappa shape index (κ1) is 9.67. The summed E-state index contributed by atoms with van der Waals surface area (Å²) in [5, 5.41) is 0.0931. The number of rotatable bonds is 1. The molecule has 0 fully saturated rings. The normalized spacial score (nSPS) is 12.1. The van der Waals surface area contributed by atoms with Crippen LogP contribution in [0.2, 0.25) is 0 Å². The van der Waals surface area contributed by atoms with Crippen molar-refractivity contribution < 1.29 is 8.42 Å². The molecule has 0 aliphatic carbocycles. The quantitative estimate of drug-likeness (QED) is 0.792. The molecule has 2 rings (SSSR count). The predicted octanol–water partition coefficient (Wildman–Crippen LogP) is 1.50. The van der Waals surface area contributed by atoms with Crippen LogP contribution in [0, 0.1) is 0 Å². The van der Waals surface area contributed by atoms with Crippen LogP contribution in [-0.2, 0) is 9.84 Å². The van der Waals surface area contributed by atoms with Crippen molar-refractivity contribution >= 4 is 31.4 Å². The molecule has 0 saturated carbocycles. The molecule has 4 nitrogen and oxygen atoms in total. The van der Waals surface area contributed by atoms with Gasteiger partial charge in [-0.1, -0.05) is 0 Å². The number of sulfone groups is 1. The summed E-state index contributed by atoms with van der Waals surface area (Å²) in [6, 6.07) is 3.56. The number of hydrogen-bond acceptors (Lipinski definition) is 3. The number of hydrogen-bond donors (Lipinski definition) is 0. The summed E-state index contributed by atoms with van der Waals surface area (Å²) < 4.78 is 24.9. The maximum Gasteiger partial charge on any atom is 0.194 e. The van der Waals surface area contributed by atoms with Gasteiger partial charge in [-0.25, -0.2) is 13.4 Å². The van der Waals surface area contributed by atoms with Crippen molar-refractivity contribution in [3.63, 3.8) is 0 Å². The van der Waals surface area contributed by atoms with Crippen molar-refractivity contribution in [2.45, 2.75) is 5.03 Å². The minimum atomic E-state index is -3.22. The van der Waals surface area contributed by atoms with Crippen molar-refractivity contribution in [2.24, 2.45) is 0 Å². The van der Waals surface area contributed by atoms with Crippen molar-refractivity contribution in [1.29, 1.82) is 0 Å². The van der Waals surface area contributed by atoms with Crippen LogP contribution in [0.25, 0.3) is 5.65 Å². The number of fused-ring (bicyclic) bond motifs is 1. The smallest absolute Gasteiger partial charge is 0.194 e. The lowest BCUT2D eigenvalue weighted by atomic mass is 10.5. The van der Waals surface area contributed by atoms with Gasteiger partial charge in [0.15, 0.2) is 14.9 Å². The van der Waals surface area contributed by atoms with Gasteiger partial charge in [0.05, 0.1) is 0 Å². The van der Waals surface area contributed by atoms with E-state index in [1.165, 1.54) is 6.20 Å². The number of nitrogens with zero attached hydrogens (tertiary/aromatic N) is 2. The van der Waals surface area contributed by atoms with Crippen molar-refractivity contribution in [1.82, 2.24) is 9.38 Å². The van der Waals surface area contributed by atoms with Gasteiger partial charge in [-0.15, -0.1) is 0 Å². The second-order valence-electron chi connectivity index (χ2n) is 2.96. The van der Waals surface area contributed by atoms with E-state index in [9.17, 15) is 8.42 Å². The van der Waals surface area contributed by atoms with Gasteiger partial charge in [0.2, 0.25) is 0 Å². The van der Waals surface area contributed by atoms with Crippen LogP contribution in [0.1, 0.15) is 0 Å². The Morgan fingerprint density at radius 3 is 2.71 bits per heavy atom. The average Bonchev–Trinajstić information content (AvgIpc) is 2.45. The minimum Gasteiger partial charge on any atom is -0.305 e. The molecule has 0 bridgehead atoms. The fourth-order valence-corrected chi connectivity index (χ4v) is 2.04. The molecule has 14 heavy (non-hydrogen) atoms. The summed E-state index contributed by atoms with van der Waals surface area (Å²) in [7, 11) is -3.22. The summed E-state index contributed by atoms with van der Waals surface area (Å²) in [5.74, 6) is 0. The van der Waals surface area contributed by atoms with Crippen LogP contribution >= 0.6 is 15.9 Å². The van der Waals surface area contributed by atoms with Crippen LogP contribution in [0.4, 0.5) is 0 Å². The lowest BCUT2D eigenvalue weighted by Crippen LogP contribution is -1.96. The zero-order chi connectivity index (χ0) is 10.3. The highest BCUT2D eigenvalue weighted by atomic mass is 79.9. The summed E-state index contributed by atoms with van der Waals surface area (Å²) in [6.07, 6.45) is 4.40. The third-order valence-corrected chi connectivity index (χ3v) is 3.20. The van der Waals surface area contributed by atoms with E-state index in [0.717, 1.165) is 10.7 Å². The minimum absolute atomic E-state index is 0.0931. The van der Waals surface area contributed by atoms with E-state index in [1.54, 1.807) is 16.7 Å². The average molecular weight is 275 g/mol. The van der Waals surface area contributed by atoms with E-state index < -0.39 is 9.84 Å². The molecule has 0 aromatic carbocycles. The molecule has 74 valence electrons. The Hall–Kier alpha value is -0.880. The number of imidazole rings is 1. The highest BCUT2D eigenvalue weighted by Crippen LogP contribution is 2.14. The standard InChI is InChI=1S/C8H7BrN2O2S/c1-14(12,13)8-5-11-4-6(9)2-3-7(11)10-8/h2-5H,1H3. The van der Waals surface area contributed by atoms with Crippen molar-refractivity contribution in [3.8, 4) is 0 Å². The third kappa shape index (κ3) is 1.67. The van der Waals surface area contributed by atoms with E-state index in [1.807, 2.05) is 6.07 Å². The SMILES string of the molecule is CS(=O)(=O)c1cn2cc(Br)ccc2n1. The van der Waals surface area contributed by atoms with Crippen LogP contribution in [0.15, 0.2) is 34.0 Å².